The Labute approximate surface area is 111 Å². The van der Waals surface area contributed by atoms with E-state index >= 15 is 0 Å². The molecule has 0 spiro atoms. The number of nitro groups is 1. The molecule has 1 aromatic rings. The number of anilines is 1. The second-order valence-electron chi connectivity index (χ2n) is 4.91. The number of aryl methyl sites for hydroxylation is 1. The molecule has 6 nitrogen and oxygen atoms in total. The Kier molecular flexibility index (Phi) is 3.69. The van der Waals surface area contributed by atoms with Crippen LogP contribution < -0.4 is 10.6 Å². The van der Waals surface area contributed by atoms with E-state index in [1.165, 1.54) is 6.07 Å². The number of nitrogens with one attached hydrogen (secondary N) is 2. The van der Waals surface area contributed by atoms with Crippen LogP contribution >= 0.6 is 0 Å². The molecule has 0 radical (unpaired) electrons. The van der Waals surface area contributed by atoms with E-state index in [-0.39, 0.29) is 17.6 Å². The first kappa shape index (κ1) is 13.3. The molecule has 0 aliphatic heterocycles. The van der Waals surface area contributed by atoms with Crippen molar-refractivity contribution in [2.45, 2.75) is 38.8 Å². The van der Waals surface area contributed by atoms with Gasteiger partial charge in [0.1, 0.15) is 6.04 Å². The molecule has 1 aromatic carbocycles. The fraction of sp³-hybridized carbons (Fsp3) is 0.462. The van der Waals surface area contributed by atoms with Crippen molar-refractivity contribution >= 4 is 17.3 Å². The van der Waals surface area contributed by atoms with Crippen molar-refractivity contribution in [2.24, 2.45) is 0 Å². The first-order valence-electron chi connectivity index (χ1n) is 6.29. The van der Waals surface area contributed by atoms with E-state index in [9.17, 15) is 14.9 Å². The number of rotatable bonds is 5. The van der Waals surface area contributed by atoms with E-state index in [1.807, 2.05) is 0 Å². The summed E-state index contributed by atoms with van der Waals surface area (Å²) in [7, 11) is 0. The molecule has 0 bridgehead atoms. The highest BCUT2D eigenvalue weighted by atomic mass is 16.6. The molecule has 1 aliphatic rings. The molecule has 0 saturated heterocycles. The quantitative estimate of drug-likeness (QED) is 0.628. The lowest BCUT2D eigenvalue weighted by molar-refractivity contribution is -0.385. The van der Waals surface area contributed by atoms with Crippen LogP contribution in [0.3, 0.4) is 0 Å². The van der Waals surface area contributed by atoms with Crippen molar-refractivity contribution in [1.82, 2.24) is 5.32 Å². The van der Waals surface area contributed by atoms with Crippen LogP contribution in [0.1, 0.15) is 25.3 Å². The summed E-state index contributed by atoms with van der Waals surface area (Å²) in [5.74, 6) is -0.0431. The fourth-order valence-electron chi connectivity index (χ4n) is 1.82. The second kappa shape index (κ2) is 5.26. The average Bonchev–Trinajstić information content (AvgIpc) is 3.12. The molecule has 1 atom stereocenters. The van der Waals surface area contributed by atoms with Crippen molar-refractivity contribution in [1.29, 1.82) is 0 Å². The summed E-state index contributed by atoms with van der Waals surface area (Å²) >= 11 is 0. The molecule has 0 heterocycles. The lowest BCUT2D eigenvalue weighted by atomic mass is 10.1. The number of nitro benzene ring substituents is 1. The minimum Gasteiger partial charge on any atom is -0.374 e. The molecule has 102 valence electrons. The Balaban J connectivity index is 1.99. The highest BCUT2D eigenvalue weighted by Crippen LogP contribution is 2.22. The zero-order valence-corrected chi connectivity index (χ0v) is 11.0. The van der Waals surface area contributed by atoms with Crippen molar-refractivity contribution in [3.63, 3.8) is 0 Å². The zero-order valence-electron chi connectivity index (χ0n) is 11.0. The Morgan fingerprint density at radius 3 is 2.68 bits per heavy atom. The Hall–Kier alpha value is -2.11. The van der Waals surface area contributed by atoms with Crippen molar-refractivity contribution in [3.8, 4) is 0 Å². The molecule has 1 saturated carbocycles. The maximum atomic E-state index is 11.8. The maximum Gasteiger partial charge on any atom is 0.272 e. The summed E-state index contributed by atoms with van der Waals surface area (Å²) in [5.41, 5.74) is 1.37. The Bertz CT molecular complexity index is 512. The summed E-state index contributed by atoms with van der Waals surface area (Å²) in [6.45, 7) is 3.45. The van der Waals surface area contributed by atoms with Crippen LogP contribution in [0.2, 0.25) is 0 Å². The Morgan fingerprint density at radius 1 is 1.47 bits per heavy atom. The number of nitrogens with zero attached hydrogens (tertiary/aromatic N) is 1. The van der Waals surface area contributed by atoms with E-state index < -0.39 is 4.92 Å². The molecule has 0 aromatic heterocycles. The molecule has 2 rings (SSSR count). The lowest BCUT2D eigenvalue weighted by Crippen LogP contribution is -2.38. The van der Waals surface area contributed by atoms with E-state index in [2.05, 4.69) is 10.6 Å². The average molecular weight is 263 g/mol. The number of carbonyl (C=O) groups excluding carboxylic acids is 1. The normalized spacial score (nSPS) is 15.7. The molecular formula is C13H17N3O3. The SMILES string of the molecule is Cc1cc(NC(C)C(=O)NC2CC2)ccc1[N+](=O)[O-]. The predicted octanol–water partition coefficient (Wildman–Crippen LogP) is 1.98. The van der Waals surface area contributed by atoms with Gasteiger partial charge in [0.05, 0.1) is 4.92 Å². The molecule has 1 aliphatic carbocycles. The molecule has 1 unspecified atom stereocenters. The largest absolute Gasteiger partial charge is 0.374 e. The molecular weight excluding hydrogens is 246 g/mol. The maximum absolute atomic E-state index is 11.8. The van der Waals surface area contributed by atoms with Crippen molar-refractivity contribution < 1.29 is 9.72 Å². The van der Waals surface area contributed by atoms with Crippen molar-refractivity contribution in [3.05, 3.63) is 33.9 Å². The first-order valence-corrected chi connectivity index (χ1v) is 6.29. The number of hydrogen-bond acceptors (Lipinski definition) is 4. The molecule has 6 heteroatoms. The standard InChI is InChI=1S/C13H17N3O3/c1-8-7-11(5-6-12(8)16(18)19)14-9(2)13(17)15-10-3-4-10/h5-7,9-10,14H,3-4H2,1-2H3,(H,15,17). The van der Waals surface area contributed by atoms with Crippen LogP contribution in [0.15, 0.2) is 18.2 Å². The van der Waals surface area contributed by atoms with E-state index in [1.54, 1.807) is 26.0 Å². The minimum atomic E-state index is -0.414. The van der Waals surface area contributed by atoms with Gasteiger partial charge in [-0.05, 0) is 38.8 Å². The van der Waals surface area contributed by atoms with Crippen LogP contribution in [0.4, 0.5) is 11.4 Å². The van der Waals surface area contributed by atoms with Crippen LogP contribution in [-0.2, 0) is 4.79 Å². The Morgan fingerprint density at radius 2 is 2.16 bits per heavy atom. The van der Waals surface area contributed by atoms with Crippen LogP contribution in [0, 0.1) is 17.0 Å². The van der Waals surface area contributed by atoms with Gasteiger partial charge >= 0.3 is 0 Å². The molecule has 1 fully saturated rings. The molecule has 2 N–H and O–H groups in total. The third-order valence-corrected chi connectivity index (χ3v) is 3.09. The van der Waals surface area contributed by atoms with Crippen molar-refractivity contribution in [2.75, 3.05) is 5.32 Å². The smallest absolute Gasteiger partial charge is 0.272 e. The van der Waals surface area contributed by atoms with E-state index in [0.717, 1.165) is 12.8 Å². The van der Waals surface area contributed by atoms with Gasteiger partial charge in [-0.2, -0.15) is 0 Å². The number of benzene rings is 1. The van der Waals surface area contributed by atoms with Gasteiger partial charge in [0.2, 0.25) is 5.91 Å². The number of amides is 1. The van der Waals surface area contributed by atoms with Gasteiger partial charge in [-0.15, -0.1) is 0 Å². The fourth-order valence-corrected chi connectivity index (χ4v) is 1.82. The minimum absolute atomic E-state index is 0.0431. The molecule has 19 heavy (non-hydrogen) atoms. The third-order valence-electron chi connectivity index (χ3n) is 3.09. The summed E-state index contributed by atoms with van der Waals surface area (Å²) < 4.78 is 0. The van der Waals surface area contributed by atoms with Gasteiger partial charge in [0.15, 0.2) is 0 Å². The highest BCUT2D eigenvalue weighted by Gasteiger charge is 2.25. The van der Waals surface area contributed by atoms with E-state index in [0.29, 0.717) is 17.3 Å². The van der Waals surface area contributed by atoms with E-state index in [4.69, 9.17) is 0 Å². The van der Waals surface area contributed by atoms with Gasteiger partial charge in [-0.1, -0.05) is 0 Å². The second-order valence-corrected chi connectivity index (χ2v) is 4.91. The highest BCUT2D eigenvalue weighted by molar-refractivity contribution is 5.84. The zero-order chi connectivity index (χ0) is 14.0. The van der Waals surface area contributed by atoms with Gasteiger partial charge in [0, 0.05) is 23.4 Å². The lowest BCUT2D eigenvalue weighted by Gasteiger charge is -2.15. The van der Waals surface area contributed by atoms with Gasteiger partial charge in [-0.3, -0.25) is 14.9 Å². The summed E-state index contributed by atoms with van der Waals surface area (Å²) in [4.78, 5) is 22.1. The summed E-state index contributed by atoms with van der Waals surface area (Å²) in [6, 6.07) is 4.71. The number of hydrogen-bond donors (Lipinski definition) is 2. The van der Waals surface area contributed by atoms with Gasteiger partial charge in [0.25, 0.3) is 5.69 Å². The van der Waals surface area contributed by atoms with Gasteiger partial charge < -0.3 is 10.6 Å². The first-order chi connectivity index (χ1) is 8.97. The summed E-state index contributed by atoms with van der Waals surface area (Å²) in [6.07, 6.45) is 2.10. The van der Waals surface area contributed by atoms with Crippen LogP contribution in [0.5, 0.6) is 0 Å². The third kappa shape index (κ3) is 3.43. The van der Waals surface area contributed by atoms with Crippen LogP contribution in [0.25, 0.3) is 0 Å². The predicted molar refractivity (Wildman–Crippen MR) is 72.1 cm³/mol. The summed E-state index contributed by atoms with van der Waals surface area (Å²) in [5, 5.41) is 16.7. The van der Waals surface area contributed by atoms with Gasteiger partial charge in [-0.25, -0.2) is 0 Å². The topological polar surface area (TPSA) is 84.3 Å². The monoisotopic (exact) mass is 263 g/mol. The number of carbonyl (C=O) groups is 1. The van der Waals surface area contributed by atoms with Crippen LogP contribution in [-0.4, -0.2) is 22.9 Å². The molecule has 1 amide bonds.